The molecule has 0 aliphatic heterocycles. The first-order valence-electron chi connectivity index (χ1n) is 4.26. The number of sulfone groups is 1. The quantitative estimate of drug-likeness (QED) is 0.671. The van der Waals surface area contributed by atoms with Crippen LogP contribution in [-0.2, 0) is 9.84 Å². The Morgan fingerprint density at radius 1 is 1.33 bits per heavy atom. The van der Waals surface area contributed by atoms with Crippen molar-refractivity contribution in [1.82, 2.24) is 0 Å². The van der Waals surface area contributed by atoms with E-state index < -0.39 is 9.84 Å². The third kappa shape index (κ3) is 2.22. The highest BCUT2D eigenvalue weighted by atomic mass is 79.9. The molecule has 0 radical (unpaired) electrons. The lowest BCUT2D eigenvalue weighted by Gasteiger charge is -2.31. The molecule has 2 nitrogen and oxygen atoms in total. The molecule has 3 unspecified atom stereocenters. The van der Waals surface area contributed by atoms with Gasteiger partial charge in [-0.15, -0.1) is 0 Å². The number of hydrogen-bond donors (Lipinski definition) is 0. The van der Waals surface area contributed by atoms with Crippen molar-refractivity contribution in [3.63, 3.8) is 0 Å². The Kier molecular flexibility index (Phi) is 3.21. The number of halogens is 1. The van der Waals surface area contributed by atoms with Gasteiger partial charge in [0, 0.05) is 11.1 Å². The Labute approximate surface area is 82.8 Å². The SMILES string of the molecule is CC1CCCC(S(C)(=O)=O)C1Br. The molecule has 1 saturated carbocycles. The first-order chi connectivity index (χ1) is 5.43. The average molecular weight is 255 g/mol. The van der Waals surface area contributed by atoms with E-state index >= 15 is 0 Å². The molecule has 1 rings (SSSR count). The average Bonchev–Trinajstić information content (AvgIpc) is 1.92. The summed E-state index contributed by atoms with van der Waals surface area (Å²) in [5.41, 5.74) is 0. The van der Waals surface area contributed by atoms with Crippen molar-refractivity contribution in [2.24, 2.45) is 5.92 Å². The molecule has 1 aliphatic rings. The van der Waals surface area contributed by atoms with Crippen molar-refractivity contribution < 1.29 is 8.42 Å². The van der Waals surface area contributed by atoms with Gasteiger partial charge in [-0.3, -0.25) is 0 Å². The first-order valence-corrected chi connectivity index (χ1v) is 7.13. The molecule has 4 heteroatoms. The van der Waals surface area contributed by atoms with E-state index in [2.05, 4.69) is 22.9 Å². The highest BCUT2D eigenvalue weighted by Gasteiger charge is 2.34. The molecule has 0 aromatic carbocycles. The zero-order chi connectivity index (χ0) is 9.35. The fraction of sp³-hybridized carbons (Fsp3) is 1.00. The Morgan fingerprint density at radius 2 is 1.92 bits per heavy atom. The van der Waals surface area contributed by atoms with Gasteiger partial charge in [-0.25, -0.2) is 8.42 Å². The number of rotatable bonds is 1. The lowest BCUT2D eigenvalue weighted by Crippen LogP contribution is -2.37. The van der Waals surface area contributed by atoms with Crippen LogP contribution in [0.5, 0.6) is 0 Å². The normalized spacial score (nSPS) is 38.1. The van der Waals surface area contributed by atoms with Gasteiger partial charge in [0.05, 0.1) is 5.25 Å². The first kappa shape index (κ1) is 10.5. The summed E-state index contributed by atoms with van der Waals surface area (Å²) in [7, 11) is -2.85. The molecule has 1 fully saturated rings. The highest BCUT2D eigenvalue weighted by molar-refractivity contribution is 9.09. The molecule has 0 N–H and O–H groups in total. The Morgan fingerprint density at radius 3 is 2.33 bits per heavy atom. The molecule has 0 heterocycles. The summed E-state index contributed by atoms with van der Waals surface area (Å²) in [6.07, 6.45) is 4.34. The topological polar surface area (TPSA) is 34.1 Å². The standard InChI is InChI=1S/C8H15BrO2S/c1-6-4-3-5-7(8(6)9)12(2,10)11/h6-8H,3-5H2,1-2H3. The molecule has 0 bridgehead atoms. The third-order valence-corrected chi connectivity index (χ3v) is 6.12. The van der Waals surface area contributed by atoms with E-state index in [1.54, 1.807) is 0 Å². The second-order valence-corrected chi connectivity index (χ2v) is 7.04. The second kappa shape index (κ2) is 3.66. The molecular weight excluding hydrogens is 240 g/mol. The lowest BCUT2D eigenvalue weighted by molar-refractivity contribution is 0.399. The van der Waals surface area contributed by atoms with Crippen LogP contribution in [0, 0.1) is 5.92 Å². The maximum absolute atomic E-state index is 11.3. The predicted molar refractivity (Wildman–Crippen MR) is 54.4 cm³/mol. The Bertz CT molecular complexity index is 248. The zero-order valence-corrected chi connectivity index (χ0v) is 9.86. The Balaban J connectivity index is 2.78. The van der Waals surface area contributed by atoms with Gasteiger partial charge in [0.2, 0.25) is 0 Å². The van der Waals surface area contributed by atoms with Crippen LogP contribution in [0.15, 0.2) is 0 Å². The smallest absolute Gasteiger partial charge is 0.151 e. The van der Waals surface area contributed by atoms with Gasteiger partial charge in [-0.1, -0.05) is 29.3 Å². The van der Waals surface area contributed by atoms with Gasteiger partial charge in [0.25, 0.3) is 0 Å². The van der Waals surface area contributed by atoms with E-state index in [0.717, 1.165) is 19.3 Å². The molecule has 0 spiro atoms. The van der Waals surface area contributed by atoms with Crippen molar-refractivity contribution >= 4 is 25.8 Å². The molecule has 0 aromatic rings. The molecule has 0 amide bonds. The van der Waals surface area contributed by atoms with Crippen LogP contribution in [0.2, 0.25) is 0 Å². The fourth-order valence-electron chi connectivity index (χ4n) is 1.78. The van der Waals surface area contributed by atoms with Crippen LogP contribution < -0.4 is 0 Å². The van der Waals surface area contributed by atoms with Crippen molar-refractivity contribution in [1.29, 1.82) is 0 Å². The van der Waals surface area contributed by atoms with Gasteiger partial charge in [0.1, 0.15) is 0 Å². The molecular formula is C8H15BrO2S. The second-order valence-electron chi connectivity index (χ2n) is 3.72. The van der Waals surface area contributed by atoms with Gasteiger partial charge in [-0.05, 0) is 18.8 Å². The van der Waals surface area contributed by atoms with Crippen LogP contribution in [0.25, 0.3) is 0 Å². The van der Waals surface area contributed by atoms with Gasteiger partial charge in [-0.2, -0.15) is 0 Å². The minimum Gasteiger partial charge on any atom is -0.229 e. The molecule has 12 heavy (non-hydrogen) atoms. The monoisotopic (exact) mass is 254 g/mol. The molecule has 72 valence electrons. The van der Waals surface area contributed by atoms with Gasteiger partial charge in [0.15, 0.2) is 9.84 Å². The van der Waals surface area contributed by atoms with E-state index in [0.29, 0.717) is 5.92 Å². The summed E-state index contributed by atoms with van der Waals surface area (Å²) in [6.45, 7) is 2.11. The van der Waals surface area contributed by atoms with Crippen LogP contribution in [0.1, 0.15) is 26.2 Å². The highest BCUT2D eigenvalue weighted by Crippen LogP contribution is 2.33. The number of alkyl halides is 1. The van der Waals surface area contributed by atoms with E-state index in [1.165, 1.54) is 6.26 Å². The summed E-state index contributed by atoms with van der Waals surface area (Å²) in [4.78, 5) is 0.154. The maximum atomic E-state index is 11.3. The summed E-state index contributed by atoms with van der Waals surface area (Å²) in [5, 5.41) is -0.166. The minimum absolute atomic E-state index is 0.154. The summed E-state index contributed by atoms with van der Waals surface area (Å²) >= 11 is 3.48. The summed E-state index contributed by atoms with van der Waals surface area (Å²) in [6, 6.07) is 0. The molecule has 0 aromatic heterocycles. The predicted octanol–water partition coefficient (Wildman–Crippen LogP) is 1.98. The van der Waals surface area contributed by atoms with Gasteiger partial charge >= 0.3 is 0 Å². The van der Waals surface area contributed by atoms with Crippen LogP contribution in [0.3, 0.4) is 0 Å². The molecule has 1 aliphatic carbocycles. The minimum atomic E-state index is -2.85. The van der Waals surface area contributed by atoms with Crippen molar-refractivity contribution in [2.45, 2.75) is 36.3 Å². The number of hydrogen-bond acceptors (Lipinski definition) is 2. The van der Waals surface area contributed by atoms with Crippen molar-refractivity contribution in [2.75, 3.05) is 6.26 Å². The molecule has 3 atom stereocenters. The van der Waals surface area contributed by atoms with E-state index in [1.807, 2.05) is 0 Å². The summed E-state index contributed by atoms with van der Waals surface area (Å²) < 4.78 is 22.6. The van der Waals surface area contributed by atoms with Crippen molar-refractivity contribution in [3.05, 3.63) is 0 Å². The zero-order valence-electron chi connectivity index (χ0n) is 7.46. The lowest BCUT2D eigenvalue weighted by atomic mass is 9.90. The van der Waals surface area contributed by atoms with Crippen LogP contribution >= 0.6 is 15.9 Å². The van der Waals surface area contributed by atoms with Crippen molar-refractivity contribution in [3.8, 4) is 0 Å². The van der Waals surface area contributed by atoms with Crippen LogP contribution in [-0.4, -0.2) is 24.8 Å². The summed E-state index contributed by atoms with van der Waals surface area (Å²) in [5.74, 6) is 0.485. The van der Waals surface area contributed by atoms with E-state index in [4.69, 9.17) is 0 Å². The van der Waals surface area contributed by atoms with E-state index in [9.17, 15) is 8.42 Å². The van der Waals surface area contributed by atoms with Gasteiger partial charge < -0.3 is 0 Å². The molecule has 0 saturated heterocycles. The van der Waals surface area contributed by atoms with Crippen LogP contribution in [0.4, 0.5) is 0 Å². The largest absolute Gasteiger partial charge is 0.229 e. The fourth-order valence-corrected chi connectivity index (χ4v) is 4.82. The Hall–Kier alpha value is 0.430. The maximum Gasteiger partial charge on any atom is 0.151 e. The third-order valence-electron chi connectivity index (χ3n) is 2.60. The van der Waals surface area contributed by atoms with E-state index in [-0.39, 0.29) is 10.1 Å².